The van der Waals surface area contributed by atoms with Crippen LogP contribution in [0, 0.1) is 11.7 Å². The Labute approximate surface area is 398 Å². The zero-order valence-corrected chi connectivity index (χ0v) is 39.8. The number of likely N-dealkylation sites (tertiary alicyclic amines) is 2. The lowest BCUT2D eigenvalue weighted by molar-refractivity contribution is -0.140. The van der Waals surface area contributed by atoms with Crippen molar-refractivity contribution in [2.24, 2.45) is 5.92 Å². The first-order valence-corrected chi connectivity index (χ1v) is 24.9. The molecule has 364 valence electrons. The number of thiophene rings is 1. The number of β-amino-alcohol motifs (C(OH)–C–C–N with tert-alkyl or cyclic N) is 1. The van der Waals surface area contributed by atoms with Gasteiger partial charge in [-0.1, -0.05) is 19.3 Å². The molecule has 0 bridgehead atoms. The highest BCUT2D eigenvalue weighted by Gasteiger charge is 2.40. The fraction of sp³-hybridized carbons (Fsp3) is 0.551. The zero-order valence-electron chi connectivity index (χ0n) is 39.0. The highest BCUT2D eigenvalue weighted by molar-refractivity contribution is 7.17. The predicted molar refractivity (Wildman–Crippen MR) is 253 cm³/mol. The number of carbonyl (C=O) groups excluding carboxylic acids is 4. The number of rotatable bonds is 15. The van der Waals surface area contributed by atoms with Crippen molar-refractivity contribution >= 4 is 56.1 Å². The number of hydrogen-bond acceptors (Lipinski definition) is 13. The van der Waals surface area contributed by atoms with Crippen LogP contribution in [0.25, 0.3) is 21.1 Å². The van der Waals surface area contributed by atoms with Gasteiger partial charge in [-0.25, -0.2) is 4.39 Å². The van der Waals surface area contributed by atoms with Gasteiger partial charge in [0.05, 0.1) is 34.9 Å². The van der Waals surface area contributed by atoms with Crippen LogP contribution in [0.5, 0.6) is 11.6 Å². The minimum absolute atomic E-state index is 0.0360. The molecule has 3 N–H and O–H groups in total. The maximum atomic E-state index is 14.6. The van der Waals surface area contributed by atoms with E-state index in [2.05, 4.69) is 25.7 Å². The molecule has 3 saturated heterocycles. The summed E-state index contributed by atoms with van der Waals surface area (Å²) in [6.45, 7) is 6.52. The van der Waals surface area contributed by atoms with Crippen molar-refractivity contribution in [3.05, 3.63) is 71.3 Å². The fourth-order valence-electron chi connectivity index (χ4n) is 10.4. The van der Waals surface area contributed by atoms with Gasteiger partial charge in [-0.15, -0.1) is 11.3 Å². The number of carbonyl (C=O) groups is 4. The van der Waals surface area contributed by atoms with Crippen LogP contribution in [0.1, 0.15) is 81.5 Å². The van der Waals surface area contributed by atoms with Crippen LogP contribution in [-0.4, -0.2) is 152 Å². The smallest absolute Gasteiger partial charge is 0.270 e. The summed E-state index contributed by atoms with van der Waals surface area (Å²) in [5, 5.41) is 23.4. The van der Waals surface area contributed by atoms with Crippen molar-refractivity contribution < 1.29 is 42.7 Å². The number of piperidine rings is 1. The molecule has 1 aromatic carbocycles. The minimum atomic E-state index is -0.781. The van der Waals surface area contributed by atoms with Crippen molar-refractivity contribution in [3.63, 3.8) is 0 Å². The van der Waals surface area contributed by atoms with Crippen molar-refractivity contribution in [2.75, 3.05) is 52.9 Å². The van der Waals surface area contributed by atoms with E-state index in [1.807, 2.05) is 24.4 Å². The molecule has 1 aliphatic carbocycles. The number of aliphatic hydroxyl groups excluding tert-OH is 1. The zero-order chi connectivity index (χ0) is 47.5. The third-order valence-corrected chi connectivity index (χ3v) is 15.2. The first-order valence-electron chi connectivity index (χ1n) is 24.1. The molecule has 9 rings (SSSR count). The number of hydrogen-bond donors (Lipinski definition) is 3. The fourth-order valence-corrected chi connectivity index (χ4v) is 11.2. The van der Waals surface area contributed by atoms with E-state index in [1.165, 1.54) is 12.1 Å². The second-order valence-electron chi connectivity index (χ2n) is 18.9. The number of fused-ring (bicyclic) bond motifs is 2. The van der Waals surface area contributed by atoms with Gasteiger partial charge in [0.1, 0.15) is 42.6 Å². The molecule has 17 nitrogen and oxygen atoms in total. The lowest BCUT2D eigenvalue weighted by atomic mass is 9.83. The Hall–Kier alpha value is -5.63. The highest BCUT2D eigenvalue weighted by atomic mass is 32.1. The van der Waals surface area contributed by atoms with Gasteiger partial charge in [0.15, 0.2) is 5.76 Å². The third kappa shape index (κ3) is 10.5. The third-order valence-electron chi connectivity index (χ3n) is 14.3. The molecule has 68 heavy (non-hydrogen) atoms. The molecule has 5 aromatic rings. The van der Waals surface area contributed by atoms with E-state index < -0.39 is 36.1 Å². The Kier molecular flexibility index (Phi) is 14.6. The SMILES string of the molecule is CN[C@@H](C)C(=O)NC(C(=O)N1CCN(C(=O)c2cc3cc(F)ccc3n2CC(=O)N2C[C@@H](O)C[C@H]2COc2cc(CN3CCC(Oc4ccnc5ccsc45)CC3)on2)[C@@H](C)C1)C1CCCCC1. The number of amides is 4. The van der Waals surface area contributed by atoms with Crippen molar-refractivity contribution in [3.8, 4) is 11.6 Å². The number of piperazine rings is 1. The number of nitrogens with one attached hydrogen (secondary N) is 2. The molecule has 5 atom stereocenters. The lowest BCUT2D eigenvalue weighted by Crippen LogP contribution is -2.61. The van der Waals surface area contributed by atoms with Crippen LogP contribution in [0.15, 0.2) is 58.6 Å². The normalized spacial score (nSPS) is 21.9. The standard InChI is InChI=1S/C49H62FN9O8S/c1-30-25-56(49(64)45(32-7-5-4-6-8-32)53-47(62)31(2)51-3)18-19-57(30)48(63)41-22-33-21-34(50)9-10-40(33)59(41)28-44(61)58-26-36(60)23-35(58)29-65-43-24-38(67-54-43)27-55-16-12-37(13-17-55)66-42-11-15-52-39-14-20-68-46(39)42/h9-11,14-15,20-22,24,30-32,35-37,45,51,60H,4-8,12-13,16-19,23,25-29H2,1-3H3,(H,53,62)/t30-,31-,35-,36-,45?/m0/s1. The molecule has 7 heterocycles. The Morgan fingerprint density at radius 2 is 1.79 bits per heavy atom. The molecule has 1 saturated carbocycles. The number of benzene rings is 1. The minimum Gasteiger partial charge on any atom is -0.489 e. The second-order valence-corrected chi connectivity index (χ2v) is 19.8. The van der Waals surface area contributed by atoms with E-state index in [0.717, 1.165) is 74.0 Å². The molecular formula is C49H62FN9O8S. The van der Waals surface area contributed by atoms with E-state index >= 15 is 0 Å². The second kappa shape index (κ2) is 20.9. The van der Waals surface area contributed by atoms with Gasteiger partial charge in [-0.2, -0.15) is 0 Å². The highest BCUT2D eigenvalue weighted by Crippen LogP contribution is 2.33. The van der Waals surface area contributed by atoms with Gasteiger partial charge in [0, 0.05) is 68.5 Å². The van der Waals surface area contributed by atoms with Crippen molar-refractivity contribution in [2.45, 2.75) is 115 Å². The van der Waals surface area contributed by atoms with Crippen LogP contribution < -0.4 is 20.1 Å². The van der Waals surface area contributed by atoms with E-state index in [0.29, 0.717) is 23.2 Å². The largest absolute Gasteiger partial charge is 0.489 e. The number of halogens is 1. The van der Waals surface area contributed by atoms with Gasteiger partial charge < -0.3 is 49.0 Å². The quantitative estimate of drug-likeness (QED) is 0.130. The number of aromatic nitrogens is 3. The summed E-state index contributed by atoms with van der Waals surface area (Å²) in [6, 6.07) is 9.50. The molecular weight excluding hydrogens is 894 g/mol. The number of aliphatic hydroxyl groups is 1. The Balaban J connectivity index is 0.815. The van der Waals surface area contributed by atoms with E-state index in [-0.39, 0.29) is 93.0 Å². The average Bonchev–Trinajstić information content (AvgIpc) is 4.17. The van der Waals surface area contributed by atoms with Gasteiger partial charge in [-0.3, -0.25) is 29.1 Å². The molecule has 4 amide bonds. The van der Waals surface area contributed by atoms with Crippen molar-refractivity contribution in [1.29, 1.82) is 0 Å². The topological polar surface area (TPSA) is 188 Å². The number of pyridine rings is 1. The number of nitrogens with zero attached hydrogens (tertiary/aromatic N) is 7. The van der Waals surface area contributed by atoms with Gasteiger partial charge >= 0.3 is 0 Å². The summed E-state index contributed by atoms with van der Waals surface area (Å²) in [7, 11) is 1.71. The Bertz CT molecular complexity index is 2590. The monoisotopic (exact) mass is 955 g/mol. The van der Waals surface area contributed by atoms with Gasteiger partial charge in [0.2, 0.25) is 17.7 Å². The van der Waals surface area contributed by atoms with Crippen LogP contribution in [0.4, 0.5) is 4.39 Å². The molecule has 1 unspecified atom stereocenters. The van der Waals surface area contributed by atoms with E-state index in [1.54, 1.807) is 69.0 Å². The van der Waals surface area contributed by atoms with E-state index in [4.69, 9.17) is 14.0 Å². The maximum absolute atomic E-state index is 14.6. The summed E-state index contributed by atoms with van der Waals surface area (Å²) in [6.07, 6.45) is 7.97. The van der Waals surface area contributed by atoms with Crippen molar-refractivity contribution in [1.82, 2.24) is 44.9 Å². The first kappa shape index (κ1) is 47.4. The molecule has 19 heteroatoms. The summed E-state index contributed by atoms with van der Waals surface area (Å²) in [5.74, 6) is 0.312. The first-order chi connectivity index (χ1) is 32.9. The van der Waals surface area contributed by atoms with Gasteiger partial charge in [0.25, 0.3) is 11.8 Å². The van der Waals surface area contributed by atoms with E-state index in [9.17, 15) is 28.7 Å². The maximum Gasteiger partial charge on any atom is 0.270 e. The van der Waals surface area contributed by atoms with Crippen LogP contribution in [0.2, 0.25) is 0 Å². The van der Waals surface area contributed by atoms with Crippen LogP contribution >= 0.6 is 11.3 Å². The molecule has 4 aliphatic rings. The summed E-state index contributed by atoms with van der Waals surface area (Å²) < 4.78 is 35.4. The predicted octanol–water partition coefficient (Wildman–Crippen LogP) is 4.81. The summed E-state index contributed by atoms with van der Waals surface area (Å²) in [5.41, 5.74) is 1.67. The molecule has 0 spiro atoms. The summed E-state index contributed by atoms with van der Waals surface area (Å²) >= 11 is 1.63. The number of likely N-dealkylation sites (N-methyl/N-ethyl adjacent to an activating group) is 1. The van der Waals surface area contributed by atoms with Gasteiger partial charge in [-0.05, 0) is 106 Å². The average molecular weight is 956 g/mol. The molecule has 0 radical (unpaired) electrons. The molecule has 4 aromatic heterocycles. The lowest BCUT2D eigenvalue weighted by Gasteiger charge is -2.42. The van der Waals surface area contributed by atoms with Crippen LogP contribution in [-0.2, 0) is 27.5 Å². The number of ether oxygens (including phenoxy) is 2. The summed E-state index contributed by atoms with van der Waals surface area (Å²) in [4.78, 5) is 67.7. The Morgan fingerprint density at radius 3 is 2.57 bits per heavy atom. The van der Waals surface area contributed by atoms with Crippen LogP contribution in [0.3, 0.4) is 0 Å². The molecule has 4 fully saturated rings. The molecule has 3 aliphatic heterocycles. The Morgan fingerprint density at radius 1 is 0.985 bits per heavy atom.